The largest absolute Gasteiger partial charge is 0.496 e. The Morgan fingerprint density at radius 2 is 2.05 bits per heavy atom. The number of nitrogens with one attached hydrogen (secondary N) is 1. The lowest BCUT2D eigenvalue weighted by atomic mass is 10.2. The first-order valence-electron chi connectivity index (χ1n) is 5.93. The van der Waals surface area contributed by atoms with E-state index in [0.29, 0.717) is 5.75 Å². The van der Waals surface area contributed by atoms with Crippen molar-refractivity contribution in [2.75, 3.05) is 20.8 Å². The van der Waals surface area contributed by atoms with Gasteiger partial charge >= 0.3 is 5.97 Å². The summed E-state index contributed by atoms with van der Waals surface area (Å²) in [7, 11) is 2.82. The summed E-state index contributed by atoms with van der Waals surface area (Å²) in [6.07, 6.45) is 1.85. The van der Waals surface area contributed by atoms with Crippen LogP contribution in [-0.4, -0.2) is 43.9 Å². The van der Waals surface area contributed by atoms with Crippen molar-refractivity contribution >= 4 is 18.0 Å². The molecule has 0 spiro atoms. The van der Waals surface area contributed by atoms with Crippen LogP contribution in [0.3, 0.4) is 0 Å². The number of methoxy groups -OCH3 is 2. The zero-order valence-electron chi connectivity index (χ0n) is 11.3. The third-order valence-electron chi connectivity index (χ3n) is 2.57. The molecule has 1 amide bonds. The van der Waals surface area contributed by atoms with Crippen molar-refractivity contribution in [3.63, 3.8) is 0 Å². The van der Waals surface area contributed by atoms with Gasteiger partial charge in [0.05, 0.1) is 13.7 Å². The van der Waals surface area contributed by atoms with Crippen molar-refractivity contribution in [3.8, 4) is 5.75 Å². The molecular weight excluding hydrogens is 262 g/mol. The summed E-state index contributed by atoms with van der Waals surface area (Å²) >= 11 is 0. The molecule has 1 aromatic carbocycles. The second-order valence-corrected chi connectivity index (χ2v) is 3.88. The van der Waals surface area contributed by atoms with Crippen LogP contribution in [-0.2, 0) is 14.3 Å². The highest BCUT2D eigenvalue weighted by molar-refractivity contribution is 5.92. The first-order chi connectivity index (χ1) is 9.58. The van der Waals surface area contributed by atoms with E-state index in [-0.39, 0.29) is 6.54 Å². The van der Waals surface area contributed by atoms with Gasteiger partial charge < -0.3 is 19.9 Å². The third-order valence-corrected chi connectivity index (χ3v) is 2.57. The van der Waals surface area contributed by atoms with Crippen molar-refractivity contribution in [1.82, 2.24) is 5.32 Å². The molecule has 0 bridgehead atoms. The van der Waals surface area contributed by atoms with Crippen LogP contribution in [0.5, 0.6) is 5.75 Å². The first-order valence-corrected chi connectivity index (χ1v) is 5.93. The number of hydrogen-bond donors (Lipinski definition) is 2. The van der Waals surface area contributed by atoms with Crippen LogP contribution >= 0.6 is 0 Å². The monoisotopic (exact) mass is 279 g/mol. The molecule has 0 aliphatic rings. The molecule has 6 heteroatoms. The molecule has 0 saturated heterocycles. The number of ether oxygens (including phenoxy) is 2. The number of amides is 1. The van der Waals surface area contributed by atoms with E-state index in [4.69, 9.17) is 14.6 Å². The highest BCUT2D eigenvalue weighted by Gasteiger charge is 2.16. The van der Waals surface area contributed by atoms with Crippen LogP contribution in [0.15, 0.2) is 30.3 Å². The number of carbonyl (C=O) groups excluding carboxylic acids is 1. The van der Waals surface area contributed by atoms with Gasteiger partial charge in [0.1, 0.15) is 5.75 Å². The molecule has 0 radical (unpaired) electrons. The van der Waals surface area contributed by atoms with Gasteiger partial charge in [-0.3, -0.25) is 4.79 Å². The highest BCUT2D eigenvalue weighted by atomic mass is 16.5. The number of hydrogen-bond acceptors (Lipinski definition) is 4. The van der Waals surface area contributed by atoms with E-state index in [1.54, 1.807) is 25.3 Å². The predicted molar refractivity (Wildman–Crippen MR) is 73.5 cm³/mol. The van der Waals surface area contributed by atoms with E-state index >= 15 is 0 Å². The number of benzene rings is 1. The van der Waals surface area contributed by atoms with E-state index in [9.17, 15) is 9.59 Å². The van der Waals surface area contributed by atoms with E-state index < -0.39 is 18.0 Å². The molecule has 0 aromatic heterocycles. The molecule has 1 rings (SSSR count). The van der Waals surface area contributed by atoms with Gasteiger partial charge in [-0.1, -0.05) is 18.2 Å². The average molecular weight is 279 g/mol. The van der Waals surface area contributed by atoms with Crippen LogP contribution in [0, 0.1) is 0 Å². The maximum Gasteiger partial charge on any atom is 0.334 e. The Labute approximate surface area is 117 Å². The Balaban J connectivity index is 2.57. The number of carboxylic acid groups (broad SMARTS) is 1. The molecular formula is C14H17NO5. The summed E-state index contributed by atoms with van der Waals surface area (Å²) in [5.74, 6) is -0.877. The zero-order chi connectivity index (χ0) is 15.0. The summed E-state index contributed by atoms with van der Waals surface area (Å²) in [6, 6.07) is 7.23. The Hall–Kier alpha value is -2.34. The SMILES string of the molecule is COc1ccccc1/C=C/C(=O)NCC(OC)C(=O)O. The molecule has 1 atom stereocenters. The van der Waals surface area contributed by atoms with Gasteiger partial charge in [-0.2, -0.15) is 0 Å². The van der Waals surface area contributed by atoms with Crippen molar-refractivity contribution in [1.29, 1.82) is 0 Å². The molecule has 6 nitrogen and oxygen atoms in total. The Bertz CT molecular complexity index is 498. The van der Waals surface area contributed by atoms with Gasteiger partial charge in [0.2, 0.25) is 5.91 Å². The molecule has 20 heavy (non-hydrogen) atoms. The normalized spacial score (nSPS) is 12.1. The Morgan fingerprint density at radius 1 is 1.35 bits per heavy atom. The smallest absolute Gasteiger partial charge is 0.334 e. The van der Waals surface area contributed by atoms with Crippen molar-refractivity contribution < 1.29 is 24.2 Å². The summed E-state index contributed by atoms with van der Waals surface area (Å²) in [5, 5.41) is 11.2. The van der Waals surface area contributed by atoms with Crippen molar-refractivity contribution in [2.24, 2.45) is 0 Å². The van der Waals surface area contributed by atoms with Gasteiger partial charge in [0, 0.05) is 18.7 Å². The lowest BCUT2D eigenvalue weighted by Gasteiger charge is -2.10. The van der Waals surface area contributed by atoms with Crippen molar-refractivity contribution in [3.05, 3.63) is 35.9 Å². The minimum absolute atomic E-state index is 0.0963. The van der Waals surface area contributed by atoms with Crippen LogP contribution in [0.1, 0.15) is 5.56 Å². The predicted octanol–water partition coefficient (Wildman–Crippen LogP) is 0.924. The van der Waals surface area contributed by atoms with Gasteiger partial charge in [0.15, 0.2) is 6.10 Å². The maximum absolute atomic E-state index is 11.6. The molecule has 108 valence electrons. The lowest BCUT2D eigenvalue weighted by Crippen LogP contribution is -2.37. The second kappa shape index (κ2) is 7.96. The molecule has 0 heterocycles. The number of carbonyl (C=O) groups is 2. The number of rotatable bonds is 7. The number of carboxylic acids is 1. The molecule has 0 aliphatic heterocycles. The van der Waals surface area contributed by atoms with Crippen LogP contribution < -0.4 is 10.1 Å². The third kappa shape index (κ3) is 4.74. The standard InChI is InChI=1S/C14H17NO5/c1-19-11-6-4-3-5-10(11)7-8-13(16)15-9-12(20-2)14(17)18/h3-8,12H,9H2,1-2H3,(H,15,16)(H,17,18)/b8-7+. The lowest BCUT2D eigenvalue weighted by molar-refractivity contribution is -0.148. The maximum atomic E-state index is 11.6. The Kier molecular flexibility index (Phi) is 6.25. The quantitative estimate of drug-likeness (QED) is 0.725. The summed E-state index contributed by atoms with van der Waals surface area (Å²) in [5.41, 5.74) is 0.756. The zero-order valence-corrected chi connectivity index (χ0v) is 11.3. The fraction of sp³-hybridized carbons (Fsp3) is 0.286. The van der Waals surface area contributed by atoms with Gasteiger partial charge in [-0.25, -0.2) is 4.79 Å². The van der Waals surface area contributed by atoms with Crippen LogP contribution in [0.2, 0.25) is 0 Å². The molecule has 1 unspecified atom stereocenters. The van der Waals surface area contributed by atoms with Crippen LogP contribution in [0.4, 0.5) is 0 Å². The van der Waals surface area contributed by atoms with Gasteiger partial charge in [-0.15, -0.1) is 0 Å². The number of para-hydroxylation sites is 1. The summed E-state index contributed by atoms with van der Waals surface area (Å²) < 4.78 is 9.85. The Morgan fingerprint density at radius 3 is 2.65 bits per heavy atom. The topological polar surface area (TPSA) is 84.9 Å². The highest BCUT2D eigenvalue weighted by Crippen LogP contribution is 2.18. The minimum atomic E-state index is -1.12. The van der Waals surface area contributed by atoms with E-state index in [1.807, 2.05) is 12.1 Å². The summed E-state index contributed by atoms with van der Waals surface area (Å²) in [6.45, 7) is -0.0963. The van der Waals surface area contributed by atoms with Gasteiger partial charge in [0.25, 0.3) is 0 Å². The second-order valence-electron chi connectivity index (χ2n) is 3.88. The van der Waals surface area contributed by atoms with Crippen LogP contribution in [0.25, 0.3) is 6.08 Å². The molecule has 0 fully saturated rings. The summed E-state index contributed by atoms with van der Waals surface area (Å²) in [4.78, 5) is 22.3. The molecule has 2 N–H and O–H groups in total. The fourth-order valence-electron chi connectivity index (χ4n) is 1.49. The van der Waals surface area contributed by atoms with E-state index in [1.165, 1.54) is 13.2 Å². The molecule has 0 aliphatic carbocycles. The fourth-order valence-corrected chi connectivity index (χ4v) is 1.49. The van der Waals surface area contributed by atoms with E-state index in [0.717, 1.165) is 5.56 Å². The first kappa shape index (κ1) is 15.7. The minimum Gasteiger partial charge on any atom is -0.496 e. The molecule has 1 aromatic rings. The van der Waals surface area contributed by atoms with E-state index in [2.05, 4.69) is 5.32 Å². The van der Waals surface area contributed by atoms with Crippen molar-refractivity contribution in [2.45, 2.75) is 6.10 Å². The average Bonchev–Trinajstić information content (AvgIpc) is 2.45. The van der Waals surface area contributed by atoms with Gasteiger partial charge in [-0.05, 0) is 12.1 Å². The number of aliphatic carboxylic acids is 1. The molecule has 0 saturated carbocycles.